The van der Waals surface area contributed by atoms with Gasteiger partial charge in [0.25, 0.3) is 0 Å². The molecule has 3 aromatic rings. The molecule has 1 N–H and O–H groups in total. The highest BCUT2D eigenvalue weighted by Gasteiger charge is 2.28. The van der Waals surface area contributed by atoms with Gasteiger partial charge in [-0.3, -0.25) is 4.79 Å². The van der Waals surface area contributed by atoms with E-state index in [4.69, 9.17) is 0 Å². The summed E-state index contributed by atoms with van der Waals surface area (Å²) in [5.74, 6) is 1.15. The minimum Gasteiger partial charge on any atom is -0.353 e. The summed E-state index contributed by atoms with van der Waals surface area (Å²) >= 11 is 0. The minimum absolute atomic E-state index is 0.149. The zero-order valence-corrected chi connectivity index (χ0v) is 17.9. The van der Waals surface area contributed by atoms with Gasteiger partial charge in [-0.05, 0) is 54.0 Å². The Morgan fingerprint density at radius 3 is 2.67 bits per heavy atom. The maximum absolute atomic E-state index is 13.2. The summed E-state index contributed by atoms with van der Waals surface area (Å²) in [6, 6.07) is 15.2. The third-order valence-electron chi connectivity index (χ3n) is 6.81. The molecule has 1 saturated carbocycles. The van der Waals surface area contributed by atoms with Gasteiger partial charge in [-0.1, -0.05) is 57.0 Å². The van der Waals surface area contributed by atoms with Crippen molar-refractivity contribution < 1.29 is 9.18 Å². The normalized spacial score (nSPS) is 21.6. The highest BCUT2D eigenvalue weighted by molar-refractivity contribution is 5.85. The summed E-state index contributed by atoms with van der Waals surface area (Å²) in [7, 11) is 0. The van der Waals surface area contributed by atoms with Crippen molar-refractivity contribution in [2.75, 3.05) is 0 Å². The number of amides is 1. The molecule has 1 aliphatic carbocycles. The van der Waals surface area contributed by atoms with Crippen LogP contribution < -0.4 is 5.32 Å². The molecule has 158 valence electrons. The number of hydrogen-bond donors (Lipinski definition) is 1. The van der Waals surface area contributed by atoms with Crippen molar-refractivity contribution in [3.63, 3.8) is 0 Å². The summed E-state index contributed by atoms with van der Waals surface area (Å²) in [6.45, 7) is 5.24. The topological polar surface area (TPSA) is 34.0 Å². The van der Waals surface area contributed by atoms with Crippen LogP contribution in [-0.4, -0.2) is 16.5 Å². The van der Waals surface area contributed by atoms with E-state index in [1.807, 2.05) is 24.3 Å². The molecule has 1 fully saturated rings. The lowest BCUT2D eigenvalue weighted by atomic mass is 9.78. The van der Waals surface area contributed by atoms with Crippen molar-refractivity contribution in [3.05, 3.63) is 71.7 Å². The smallest absolute Gasteiger partial charge is 0.220 e. The molecule has 4 rings (SSSR count). The van der Waals surface area contributed by atoms with Crippen molar-refractivity contribution in [2.45, 2.75) is 58.5 Å². The standard InChI is InChI=1S/C26H31FN2O/c1-18-6-5-8-24(19(18)2)28-26(30)15-12-21-17-29(25-9-4-3-7-23(21)25)16-20-10-13-22(27)14-11-20/h3-4,7,9-11,13-14,17-19,24H,5-6,8,12,15-16H2,1-2H3,(H,28,30)/t18-,19+,24-/m1/s1. The number of halogens is 1. The van der Waals surface area contributed by atoms with Gasteiger partial charge in [-0.15, -0.1) is 0 Å². The molecule has 1 aliphatic rings. The first-order valence-electron chi connectivity index (χ1n) is 11.1. The predicted octanol–water partition coefficient (Wildman–Crippen LogP) is 5.70. The van der Waals surface area contributed by atoms with Gasteiger partial charge in [-0.2, -0.15) is 0 Å². The minimum atomic E-state index is -0.218. The molecule has 0 radical (unpaired) electrons. The summed E-state index contributed by atoms with van der Waals surface area (Å²) in [6.07, 6.45) is 6.93. The van der Waals surface area contributed by atoms with E-state index in [0.717, 1.165) is 23.9 Å². The molecule has 0 aliphatic heterocycles. The molecule has 4 heteroatoms. The molecular formula is C26H31FN2O. The third-order valence-corrected chi connectivity index (χ3v) is 6.81. The van der Waals surface area contributed by atoms with E-state index in [1.54, 1.807) is 0 Å². The van der Waals surface area contributed by atoms with Gasteiger partial charge < -0.3 is 9.88 Å². The summed E-state index contributed by atoms with van der Waals surface area (Å²) in [4.78, 5) is 12.6. The first-order valence-corrected chi connectivity index (χ1v) is 11.1. The van der Waals surface area contributed by atoms with Crippen LogP contribution in [0.25, 0.3) is 10.9 Å². The van der Waals surface area contributed by atoms with Crippen LogP contribution in [0.4, 0.5) is 4.39 Å². The molecule has 2 aromatic carbocycles. The quantitative estimate of drug-likeness (QED) is 0.560. The van der Waals surface area contributed by atoms with E-state index < -0.39 is 0 Å². The van der Waals surface area contributed by atoms with Crippen LogP contribution in [0.3, 0.4) is 0 Å². The Balaban J connectivity index is 1.45. The van der Waals surface area contributed by atoms with Gasteiger partial charge in [0.2, 0.25) is 5.91 Å². The van der Waals surface area contributed by atoms with Crippen LogP contribution in [0.2, 0.25) is 0 Å². The van der Waals surface area contributed by atoms with Gasteiger partial charge >= 0.3 is 0 Å². The second-order valence-electron chi connectivity index (χ2n) is 8.87. The Morgan fingerprint density at radius 1 is 1.10 bits per heavy atom. The number of nitrogens with zero attached hydrogens (tertiary/aromatic N) is 1. The molecule has 1 amide bonds. The van der Waals surface area contributed by atoms with Crippen molar-refractivity contribution in [1.29, 1.82) is 0 Å². The molecule has 3 atom stereocenters. The number of carbonyl (C=O) groups is 1. The number of para-hydroxylation sites is 1. The average molecular weight is 407 g/mol. The Hall–Kier alpha value is -2.62. The van der Waals surface area contributed by atoms with Crippen LogP contribution in [0.15, 0.2) is 54.7 Å². The van der Waals surface area contributed by atoms with Gasteiger partial charge in [0.05, 0.1) is 0 Å². The first kappa shape index (κ1) is 20.6. The highest BCUT2D eigenvalue weighted by atomic mass is 19.1. The molecule has 0 saturated heterocycles. The lowest BCUT2D eigenvalue weighted by molar-refractivity contribution is -0.122. The van der Waals surface area contributed by atoms with Crippen LogP contribution in [0, 0.1) is 17.7 Å². The van der Waals surface area contributed by atoms with Crippen LogP contribution in [-0.2, 0) is 17.8 Å². The van der Waals surface area contributed by atoms with E-state index in [2.05, 4.69) is 42.1 Å². The van der Waals surface area contributed by atoms with Gasteiger partial charge in [0.1, 0.15) is 5.82 Å². The molecule has 30 heavy (non-hydrogen) atoms. The molecule has 1 heterocycles. The Kier molecular flexibility index (Phi) is 6.21. The number of rotatable bonds is 6. The molecule has 3 nitrogen and oxygen atoms in total. The molecule has 0 bridgehead atoms. The van der Waals surface area contributed by atoms with E-state index in [-0.39, 0.29) is 11.7 Å². The van der Waals surface area contributed by atoms with Crippen molar-refractivity contribution >= 4 is 16.8 Å². The van der Waals surface area contributed by atoms with Crippen molar-refractivity contribution in [3.8, 4) is 0 Å². The van der Waals surface area contributed by atoms with Crippen LogP contribution >= 0.6 is 0 Å². The molecule has 0 spiro atoms. The van der Waals surface area contributed by atoms with E-state index >= 15 is 0 Å². The number of aryl methyl sites for hydroxylation is 1. The fraction of sp³-hybridized carbons (Fsp3) is 0.423. The molecular weight excluding hydrogens is 375 g/mol. The zero-order valence-electron chi connectivity index (χ0n) is 17.9. The highest BCUT2D eigenvalue weighted by Crippen LogP contribution is 2.29. The van der Waals surface area contributed by atoms with Crippen LogP contribution in [0.5, 0.6) is 0 Å². The average Bonchev–Trinajstić information content (AvgIpc) is 3.09. The number of fused-ring (bicyclic) bond motifs is 1. The number of nitrogens with one attached hydrogen (secondary N) is 1. The summed E-state index contributed by atoms with van der Waals surface area (Å²) in [5, 5.41) is 4.48. The maximum atomic E-state index is 13.2. The van der Waals surface area contributed by atoms with E-state index in [0.29, 0.717) is 30.8 Å². The fourth-order valence-corrected chi connectivity index (χ4v) is 4.75. The lowest BCUT2D eigenvalue weighted by Gasteiger charge is -2.34. The van der Waals surface area contributed by atoms with Gasteiger partial charge in [0.15, 0.2) is 0 Å². The number of aromatic nitrogens is 1. The van der Waals surface area contributed by atoms with E-state index in [9.17, 15) is 9.18 Å². The largest absolute Gasteiger partial charge is 0.353 e. The summed E-state index contributed by atoms with van der Waals surface area (Å²) in [5.41, 5.74) is 3.39. The fourth-order valence-electron chi connectivity index (χ4n) is 4.75. The van der Waals surface area contributed by atoms with Gasteiger partial charge in [0, 0.05) is 36.1 Å². The lowest BCUT2D eigenvalue weighted by Crippen LogP contribution is -2.43. The monoisotopic (exact) mass is 406 g/mol. The number of benzene rings is 2. The number of carbonyl (C=O) groups excluding carboxylic acids is 1. The van der Waals surface area contributed by atoms with Crippen molar-refractivity contribution in [2.24, 2.45) is 11.8 Å². The zero-order chi connectivity index (χ0) is 21.1. The second-order valence-corrected chi connectivity index (χ2v) is 8.87. The number of hydrogen-bond acceptors (Lipinski definition) is 1. The maximum Gasteiger partial charge on any atom is 0.220 e. The van der Waals surface area contributed by atoms with E-state index in [1.165, 1.54) is 35.9 Å². The first-order chi connectivity index (χ1) is 14.5. The van der Waals surface area contributed by atoms with Gasteiger partial charge in [-0.25, -0.2) is 4.39 Å². The van der Waals surface area contributed by atoms with Crippen LogP contribution in [0.1, 0.15) is 50.7 Å². The predicted molar refractivity (Wildman–Crippen MR) is 120 cm³/mol. The molecule has 0 unspecified atom stereocenters. The Bertz CT molecular complexity index is 1010. The van der Waals surface area contributed by atoms with Crippen molar-refractivity contribution in [1.82, 2.24) is 9.88 Å². The Labute approximate surface area is 178 Å². The summed E-state index contributed by atoms with van der Waals surface area (Å²) < 4.78 is 15.4. The Morgan fingerprint density at radius 2 is 1.87 bits per heavy atom. The third kappa shape index (κ3) is 4.58. The molecule has 1 aromatic heterocycles. The SMILES string of the molecule is C[C@H]1[C@H](C)CCC[C@H]1NC(=O)CCc1cn(Cc2ccc(F)cc2)c2ccccc12. The second kappa shape index (κ2) is 9.03.